The normalized spacial score (nSPS) is 11.8. The number of non-ortho nitro benzene ring substituents is 1. The van der Waals surface area contributed by atoms with Gasteiger partial charge in [0.2, 0.25) is 0 Å². The van der Waals surface area contributed by atoms with Crippen molar-refractivity contribution in [3.8, 4) is 0 Å². The average Bonchev–Trinajstić information content (AvgIpc) is 2.83. The van der Waals surface area contributed by atoms with Crippen molar-refractivity contribution in [2.24, 2.45) is 12.0 Å². The van der Waals surface area contributed by atoms with Crippen LogP contribution in [0.1, 0.15) is 10.4 Å². The van der Waals surface area contributed by atoms with E-state index in [1.807, 2.05) is 0 Å². The molecule has 3 rings (SSSR count). The molecule has 0 fully saturated rings. The number of rotatable bonds is 2. The predicted octanol–water partition coefficient (Wildman–Crippen LogP) is 3.03. The number of halogens is 1. The molecule has 0 spiro atoms. The second-order valence-corrected chi connectivity index (χ2v) is 5.79. The third kappa shape index (κ3) is 2.88. The molecule has 8 heteroatoms. The summed E-state index contributed by atoms with van der Waals surface area (Å²) in [7, 11) is 1.72. The van der Waals surface area contributed by atoms with Crippen molar-refractivity contribution in [2.45, 2.75) is 0 Å². The molecule has 0 N–H and O–H groups in total. The minimum absolute atomic E-state index is 0.0178. The Labute approximate surface area is 133 Å². The van der Waals surface area contributed by atoms with Crippen molar-refractivity contribution in [3.63, 3.8) is 0 Å². The van der Waals surface area contributed by atoms with Gasteiger partial charge in [0.05, 0.1) is 15.1 Å². The first-order chi connectivity index (χ1) is 11.0. The molecule has 116 valence electrons. The molecule has 1 amide bonds. The van der Waals surface area contributed by atoms with Crippen LogP contribution in [-0.2, 0) is 7.05 Å². The predicted molar refractivity (Wildman–Crippen MR) is 83.7 cm³/mol. The van der Waals surface area contributed by atoms with Crippen LogP contribution in [0.15, 0.2) is 47.5 Å². The second kappa shape index (κ2) is 5.73. The van der Waals surface area contributed by atoms with Crippen molar-refractivity contribution < 1.29 is 14.1 Å². The summed E-state index contributed by atoms with van der Waals surface area (Å²) in [6.45, 7) is 0. The van der Waals surface area contributed by atoms with E-state index in [-0.39, 0.29) is 11.3 Å². The number of thiazole rings is 1. The summed E-state index contributed by atoms with van der Waals surface area (Å²) in [5.74, 6) is -0.928. The maximum Gasteiger partial charge on any atom is 0.279 e. The topological polar surface area (TPSA) is 77.5 Å². The van der Waals surface area contributed by atoms with Crippen molar-refractivity contribution in [1.29, 1.82) is 0 Å². The van der Waals surface area contributed by atoms with E-state index in [1.54, 1.807) is 17.7 Å². The Hall–Kier alpha value is -2.87. The molecule has 6 nitrogen and oxygen atoms in total. The number of nitro benzene ring substituents is 1. The first-order valence-electron chi connectivity index (χ1n) is 6.54. The molecule has 0 saturated heterocycles. The Morgan fingerprint density at radius 2 is 1.96 bits per heavy atom. The lowest BCUT2D eigenvalue weighted by Crippen LogP contribution is -2.13. The number of aryl methyl sites for hydroxylation is 1. The number of fused-ring (bicyclic) bond motifs is 1. The van der Waals surface area contributed by atoms with Crippen LogP contribution in [0.4, 0.5) is 10.1 Å². The molecule has 0 aliphatic heterocycles. The lowest BCUT2D eigenvalue weighted by molar-refractivity contribution is -0.384. The van der Waals surface area contributed by atoms with E-state index < -0.39 is 16.6 Å². The number of nitro groups is 1. The molecule has 0 radical (unpaired) electrons. The molecule has 23 heavy (non-hydrogen) atoms. The number of carbonyl (C=O) groups excluding carboxylic acids is 1. The van der Waals surface area contributed by atoms with Crippen LogP contribution in [0.25, 0.3) is 10.2 Å². The third-order valence-corrected chi connectivity index (χ3v) is 4.39. The van der Waals surface area contributed by atoms with Crippen LogP contribution >= 0.6 is 11.3 Å². The van der Waals surface area contributed by atoms with Crippen molar-refractivity contribution in [1.82, 2.24) is 4.57 Å². The van der Waals surface area contributed by atoms with Crippen LogP contribution in [0, 0.1) is 15.9 Å². The summed E-state index contributed by atoms with van der Waals surface area (Å²) in [4.78, 5) is 26.9. The van der Waals surface area contributed by atoms with Gasteiger partial charge in [0, 0.05) is 24.7 Å². The molecular formula is C15H10FN3O3S. The van der Waals surface area contributed by atoms with Crippen LogP contribution in [0.2, 0.25) is 0 Å². The van der Waals surface area contributed by atoms with Crippen molar-refractivity contribution >= 4 is 33.1 Å². The maximum absolute atomic E-state index is 12.9. The van der Waals surface area contributed by atoms with Gasteiger partial charge in [-0.25, -0.2) is 4.39 Å². The fraction of sp³-hybridized carbons (Fsp3) is 0.0667. The molecule has 0 aliphatic carbocycles. The molecule has 0 atom stereocenters. The van der Waals surface area contributed by atoms with E-state index in [2.05, 4.69) is 4.99 Å². The van der Waals surface area contributed by atoms with Crippen molar-refractivity contribution in [2.75, 3.05) is 0 Å². The van der Waals surface area contributed by atoms with Gasteiger partial charge in [-0.15, -0.1) is 0 Å². The number of aromatic nitrogens is 1. The Morgan fingerprint density at radius 1 is 1.26 bits per heavy atom. The highest BCUT2D eigenvalue weighted by atomic mass is 32.1. The van der Waals surface area contributed by atoms with E-state index in [9.17, 15) is 19.3 Å². The fourth-order valence-electron chi connectivity index (χ4n) is 2.09. The highest BCUT2D eigenvalue weighted by Gasteiger charge is 2.11. The number of nitrogens with zero attached hydrogens (tertiary/aromatic N) is 3. The lowest BCUT2D eigenvalue weighted by Gasteiger charge is -1.96. The molecule has 2 aromatic carbocycles. The summed E-state index contributed by atoms with van der Waals surface area (Å²) >= 11 is 1.18. The van der Waals surface area contributed by atoms with Gasteiger partial charge in [0.1, 0.15) is 5.82 Å². The Kier molecular flexibility index (Phi) is 3.75. The zero-order chi connectivity index (χ0) is 16.6. The van der Waals surface area contributed by atoms with Gasteiger partial charge in [0.15, 0.2) is 4.80 Å². The summed E-state index contributed by atoms with van der Waals surface area (Å²) in [6.07, 6.45) is 0. The quantitative estimate of drug-likeness (QED) is 0.535. The average molecular weight is 331 g/mol. The highest BCUT2D eigenvalue weighted by Crippen LogP contribution is 2.22. The van der Waals surface area contributed by atoms with Gasteiger partial charge < -0.3 is 4.57 Å². The zero-order valence-electron chi connectivity index (χ0n) is 11.9. The molecule has 0 unspecified atom stereocenters. The van der Waals surface area contributed by atoms with E-state index >= 15 is 0 Å². The van der Waals surface area contributed by atoms with Gasteiger partial charge in [-0.05, 0) is 30.3 Å². The fourth-order valence-corrected chi connectivity index (χ4v) is 3.14. The Bertz CT molecular complexity index is 989. The molecule has 1 aromatic heterocycles. The smallest absolute Gasteiger partial charge is 0.279 e. The largest absolute Gasteiger partial charge is 0.319 e. The van der Waals surface area contributed by atoms with E-state index in [0.29, 0.717) is 9.50 Å². The molecular weight excluding hydrogens is 321 g/mol. The van der Waals surface area contributed by atoms with Crippen LogP contribution in [0.3, 0.4) is 0 Å². The Morgan fingerprint density at radius 3 is 2.61 bits per heavy atom. The summed E-state index contributed by atoms with van der Waals surface area (Å²) in [5.41, 5.74) is 0.997. The van der Waals surface area contributed by atoms with E-state index in [4.69, 9.17) is 0 Å². The van der Waals surface area contributed by atoms with Crippen molar-refractivity contribution in [3.05, 3.63) is 68.8 Å². The van der Waals surface area contributed by atoms with Gasteiger partial charge in [0.25, 0.3) is 11.6 Å². The lowest BCUT2D eigenvalue weighted by atomic mass is 10.2. The molecule has 3 aromatic rings. The van der Waals surface area contributed by atoms with Gasteiger partial charge >= 0.3 is 0 Å². The zero-order valence-corrected chi connectivity index (χ0v) is 12.7. The van der Waals surface area contributed by atoms with E-state index in [1.165, 1.54) is 47.7 Å². The monoisotopic (exact) mass is 331 g/mol. The minimum Gasteiger partial charge on any atom is -0.319 e. The maximum atomic E-state index is 12.9. The van der Waals surface area contributed by atoms with Gasteiger partial charge in [-0.1, -0.05) is 11.3 Å². The van der Waals surface area contributed by atoms with Gasteiger partial charge in [-0.3, -0.25) is 14.9 Å². The summed E-state index contributed by atoms with van der Waals surface area (Å²) in [5, 5.41) is 10.8. The Balaban J connectivity index is 2.08. The molecule has 1 heterocycles. The first-order valence-corrected chi connectivity index (χ1v) is 7.36. The first kappa shape index (κ1) is 15.0. The van der Waals surface area contributed by atoms with Crippen LogP contribution in [0.5, 0.6) is 0 Å². The molecule has 0 saturated carbocycles. The number of carbonyl (C=O) groups is 1. The minimum atomic E-state index is -0.498. The standard InChI is InChI=1S/C15H10FN3O3S/c1-18-12-7-6-11(19(21)22)8-13(12)23-15(18)17-14(20)9-2-4-10(16)5-3-9/h2-8H,1H3. The summed E-state index contributed by atoms with van der Waals surface area (Å²) < 4.78 is 15.2. The number of hydrogen-bond donors (Lipinski definition) is 0. The van der Waals surface area contributed by atoms with E-state index in [0.717, 1.165) is 5.52 Å². The number of benzene rings is 2. The highest BCUT2D eigenvalue weighted by molar-refractivity contribution is 7.16. The number of amides is 1. The third-order valence-electron chi connectivity index (χ3n) is 3.29. The molecule has 0 aliphatic rings. The molecule has 0 bridgehead atoms. The van der Waals surface area contributed by atoms with Crippen LogP contribution in [-0.4, -0.2) is 15.4 Å². The number of hydrogen-bond acceptors (Lipinski definition) is 4. The second-order valence-electron chi connectivity index (χ2n) is 4.78. The van der Waals surface area contributed by atoms with Gasteiger partial charge in [-0.2, -0.15) is 4.99 Å². The van der Waals surface area contributed by atoms with Crippen LogP contribution < -0.4 is 4.80 Å². The summed E-state index contributed by atoms with van der Waals surface area (Å²) in [6, 6.07) is 9.57. The SMILES string of the molecule is Cn1c(=NC(=O)c2ccc(F)cc2)sc2cc([N+](=O)[O-])ccc21.